The molecule has 1 aromatic rings. The molecule has 7 heteroatoms. The van der Waals surface area contributed by atoms with Crippen LogP contribution in [-0.4, -0.2) is 72.4 Å². The predicted octanol–water partition coefficient (Wildman–Crippen LogP) is 3.31. The van der Waals surface area contributed by atoms with Gasteiger partial charge in [-0.15, -0.1) is 24.0 Å². The first-order chi connectivity index (χ1) is 14.2. The van der Waals surface area contributed by atoms with Crippen molar-refractivity contribution >= 4 is 35.8 Å². The van der Waals surface area contributed by atoms with Crippen molar-refractivity contribution in [2.45, 2.75) is 52.6 Å². The average Bonchev–Trinajstić information content (AvgIpc) is 3.00. The first-order valence-electron chi connectivity index (χ1n) is 11.2. The number of nitrogens with zero attached hydrogens (tertiary/aromatic N) is 4. The highest BCUT2D eigenvalue weighted by Crippen LogP contribution is 2.15. The SMILES string of the molecule is CCNC(=NCc1cccc(CN2CCCCCC2)c1)N1CCN(C(C)=O)CC1.I. The number of nitrogens with one attached hydrogen (secondary N) is 1. The fraction of sp³-hybridized carbons (Fsp3) is 0.652. The summed E-state index contributed by atoms with van der Waals surface area (Å²) in [5.41, 5.74) is 2.65. The number of halogens is 1. The van der Waals surface area contributed by atoms with Crippen LogP contribution in [-0.2, 0) is 17.9 Å². The number of carbonyl (C=O) groups excluding carboxylic acids is 1. The fourth-order valence-electron chi connectivity index (χ4n) is 4.20. The summed E-state index contributed by atoms with van der Waals surface area (Å²) in [7, 11) is 0. The molecule has 1 aromatic carbocycles. The van der Waals surface area contributed by atoms with Gasteiger partial charge in [-0.3, -0.25) is 9.69 Å². The van der Waals surface area contributed by atoms with Crippen molar-refractivity contribution in [2.75, 3.05) is 45.8 Å². The van der Waals surface area contributed by atoms with Gasteiger partial charge in [0.15, 0.2) is 5.96 Å². The third-order valence-corrected chi connectivity index (χ3v) is 5.87. The van der Waals surface area contributed by atoms with Crippen LogP contribution >= 0.6 is 24.0 Å². The summed E-state index contributed by atoms with van der Waals surface area (Å²) in [6.07, 6.45) is 5.40. The largest absolute Gasteiger partial charge is 0.357 e. The zero-order valence-electron chi connectivity index (χ0n) is 18.6. The molecular formula is C23H38IN5O. The quantitative estimate of drug-likeness (QED) is 0.363. The van der Waals surface area contributed by atoms with Gasteiger partial charge in [0, 0.05) is 46.2 Å². The number of guanidine groups is 1. The van der Waals surface area contributed by atoms with E-state index in [2.05, 4.69) is 46.3 Å². The average molecular weight is 527 g/mol. The monoisotopic (exact) mass is 527 g/mol. The number of likely N-dealkylation sites (tertiary alicyclic amines) is 1. The molecule has 0 radical (unpaired) electrons. The topological polar surface area (TPSA) is 51.2 Å². The van der Waals surface area contributed by atoms with Gasteiger partial charge in [-0.1, -0.05) is 37.1 Å². The third kappa shape index (κ3) is 7.72. The van der Waals surface area contributed by atoms with Crippen LogP contribution in [0.3, 0.4) is 0 Å². The highest BCUT2D eigenvalue weighted by atomic mass is 127. The molecular weight excluding hydrogens is 489 g/mol. The first kappa shape index (κ1) is 24.9. The van der Waals surface area contributed by atoms with E-state index < -0.39 is 0 Å². The number of piperazine rings is 1. The van der Waals surface area contributed by atoms with E-state index in [1.165, 1.54) is 49.9 Å². The van der Waals surface area contributed by atoms with Gasteiger partial charge < -0.3 is 15.1 Å². The van der Waals surface area contributed by atoms with Crippen molar-refractivity contribution in [3.8, 4) is 0 Å². The van der Waals surface area contributed by atoms with Crippen molar-refractivity contribution in [2.24, 2.45) is 4.99 Å². The Morgan fingerprint density at radius 3 is 2.23 bits per heavy atom. The summed E-state index contributed by atoms with van der Waals surface area (Å²) >= 11 is 0. The van der Waals surface area contributed by atoms with Gasteiger partial charge in [0.2, 0.25) is 5.91 Å². The number of aliphatic imine (C=N–C) groups is 1. The molecule has 0 aliphatic carbocycles. The molecule has 2 aliphatic heterocycles. The molecule has 2 saturated heterocycles. The predicted molar refractivity (Wildman–Crippen MR) is 134 cm³/mol. The van der Waals surface area contributed by atoms with Crippen LogP contribution in [0.5, 0.6) is 0 Å². The maximum absolute atomic E-state index is 11.6. The number of hydrogen-bond acceptors (Lipinski definition) is 3. The lowest BCUT2D eigenvalue weighted by Gasteiger charge is -2.36. The molecule has 0 atom stereocenters. The van der Waals surface area contributed by atoms with Crippen LogP contribution in [0.2, 0.25) is 0 Å². The third-order valence-electron chi connectivity index (χ3n) is 5.87. The second kappa shape index (κ2) is 13.1. The number of benzene rings is 1. The molecule has 1 amide bonds. The van der Waals surface area contributed by atoms with Crippen molar-refractivity contribution in [1.29, 1.82) is 0 Å². The van der Waals surface area contributed by atoms with E-state index in [-0.39, 0.29) is 29.9 Å². The van der Waals surface area contributed by atoms with Crippen LogP contribution in [0.25, 0.3) is 0 Å². The molecule has 2 aliphatic rings. The van der Waals surface area contributed by atoms with Gasteiger partial charge in [-0.2, -0.15) is 0 Å². The van der Waals surface area contributed by atoms with Gasteiger partial charge in [0.25, 0.3) is 0 Å². The van der Waals surface area contributed by atoms with E-state index >= 15 is 0 Å². The summed E-state index contributed by atoms with van der Waals surface area (Å²) in [5.74, 6) is 1.11. The van der Waals surface area contributed by atoms with E-state index in [0.717, 1.165) is 45.2 Å². The summed E-state index contributed by atoms with van der Waals surface area (Å²) in [6, 6.07) is 8.89. The molecule has 2 heterocycles. The number of carbonyl (C=O) groups is 1. The number of amides is 1. The maximum atomic E-state index is 11.6. The molecule has 3 rings (SSSR count). The van der Waals surface area contributed by atoms with Gasteiger partial charge in [-0.25, -0.2) is 4.99 Å². The minimum Gasteiger partial charge on any atom is -0.357 e. The summed E-state index contributed by atoms with van der Waals surface area (Å²) < 4.78 is 0. The molecule has 0 bridgehead atoms. The molecule has 2 fully saturated rings. The summed E-state index contributed by atoms with van der Waals surface area (Å²) in [6.45, 7) is 12.0. The standard InChI is InChI=1S/C23H37N5O.HI/c1-3-24-23(28-15-13-27(14-16-28)20(2)29)25-18-21-9-8-10-22(17-21)19-26-11-6-4-5-7-12-26;/h8-10,17H,3-7,11-16,18-19H2,1-2H3,(H,24,25);1H. The highest BCUT2D eigenvalue weighted by molar-refractivity contribution is 14.0. The van der Waals surface area contributed by atoms with Crippen LogP contribution in [0, 0.1) is 0 Å². The van der Waals surface area contributed by atoms with Gasteiger partial charge in [0.1, 0.15) is 0 Å². The molecule has 0 saturated carbocycles. The molecule has 168 valence electrons. The Morgan fingerprint density at radius 2 is 1.60 bits per heavy atom. The Kier molecular flexibility index (Phi) is 10.9. The zero-order valence-corrected chi connectivity index (χ0v) is 20.9. The summed E-state index contributed by atoms with van der Waals surface area (Å²) in [5, 5.41) is 3.42. The Morgan fingerprint density at radius 1 is 0.967 bits per heavy atom. The molecule has 0 aromatic heterocycles. The molecule has 0 unspecified atom stereocenters. The Hall–Kier alpha value is -1.35. The number of rotatable bonds is 5. The Balaban J connectivity index is 0.00000320. The number of hydrogen-bond donors (Lipinski definition) is 1. The van der Waals surface area contributed by atoms with Crippen LogP contribution in [0.15, 0.2) is 29.3 Å². The van der Waals surface area contributed by atoms with E-state index in [4.69, 9.17) is 4.99 Å². The zero-order chi connectivity index (χ0) is 20.5. The van der Waals surface area contributed by atoms with Gasteiger partial charge in [0.05, 0.1) is 6.54 Å². The van der Waals surface area contributed by atoms with Crippen molar-refractivity contribution < 1.29 is 4.79 Å². The van der Waals surface area contributed by atoms with E-state index in [1.54, 1.807) is 6.92 Å². The highest BCUT2D eigenvalue weighted by Gasteiger charge is 2.20. The maximum Gasteiger partial charge on any atom is 0.219 e. The van der Waals surface area contributed by atoms with E-state index in [9.17, 15) is 4.79 Å². The Labute approximate surface area is 199 Å². The fourth-order valence-corrected chi connectivity index (χ4v) is 4.20. The smallest absolute Gasteiger partial charge is 0.219 e. The molecule has 1 N–H and O–H groups in total. The lowest BCUT2D eigenvalue weighted by molar-refractivity contribution is -0.130. The van der Waals surface area contributed by atoms with E-state index in [0.29, 0.717) is 6.54 Å². The second-order valence-electron chi connectivity index (χ2n) is 8.17. The van der Waals surface area contributed by atoms with Gasteiger partial charge >= 0.3 is 0 Å². The van der Waals surface area contributed by atoms with Crippen molar-refractivity contribution in [1.82, 2.24) is 20.0 Å². The normalized spacial score (nSPS) is 18.5. The van der Waals surface area contributed by atoms with Crippen LogP contribution < -0.4 is 5.32 Å². The van der Waals surface area contributed by atoms with Gasteiger partial charge in [-0.05, 0) is 44.0 Å². The minimum atomic E-state index is 0. The van der Waals surface area contributed by atoms with Crippen molar-refractivity contribution in [3.05, 3.63) is 35.4 Å². The van der Waals surface area contributed by atoms with Crippen LogP contribution in [0.1, 0.15) is 50.7 Å². The second-order valence-corrected chi connectivity index (χ2v) is 8.17. The first-order valence-corrected chi connectivity index (χ1v) is 11.2. The van der Waals surface area contributed by atoms with Crippen molar-refractivity contribution in [3.63, 3.8) is 0 Å². The summed E-state index contributed by atoms with van der Waals surface area (Å²) in [4.78, 5) is 23.2. The lowest BCUT2D eigenvalue weighted by Crippen LogP contribution is -2.53. The molecule has 0 spiro atoms. The lowest BCUT2D eigenvalue weighted by atomic mass is 10.1. The minimum absolute atomic E-state index is 0. The molecule has 30 heavy (non-hydrogen) atoms. The Bertz CT molecular complexity index is 680. The molecule has 6 nitrogen and oxygen atoms in total. The van der Waals surface area contributed by atoms with Crippen LogP contribution in [0.4, 0.5) is 0 Å². The van der Waals surface area contributed by atoms with E-state index in [1.807, 2.05) is 4.90 Å².